The van der Waals surface area contributed by atoms with Gasteiger partial charge in [-0.3, -0.25) is 14.4 Å². The summed E-state index contributed by atoms with van der Waals surface area (Å²) in [5.41, 5.74) is 3.31. The number of pyridine rings is 1. The number of rotatable bonds is 9. The van der Waals surface area contributed by atoms with Crippen molar-refractivity contribution in [2.75, 3.05) is 23.9 Å². The monoisotopic (exact) mass is 536 g/mol. The molecule has 40 heavy (non-hydrogen) atoms. The van der Waals surface area contributed by atoms with Gasteiger partial charge in [0.15, 0.2) is 5.82 Å². The van der Waals surface area contributed by atoms with E-state index in [0.717, 1.165) is 33.6 Å². The minimum absolute atomic E-state index is 0.194. The molecule has 1 aliphatic heterocycles. The predicted molar refractivity (Wildman–Crippen MR) is 156 cm³/mol. The van der Waals surface area contributed by atoms with Crippen LogP contribution in [0.5, 0.6) is 5.75 Å². The van der Waals surface area contributed by atoms with Gasteiger partial charge in [0.2, 0.25) is 5.91 Å². The number of anilines is 2. The quantitative estimate of drug-likeness (QED) is 0.273. The Labute approximate surface area is 233 Å². The van der Waals surface area contributed by atoms with Crippen LogP contribution in [0.1, 0.15) is 58.7 Å². The zero-order valence-electron chi connectivity index (χ0n) is 23.0. The van der Waals surface area contributed by atoms with Crippen LogP contribution >= 0.6 is 0 Å². The number of aromatic nitrogens is 1. The Morgan fingerprint density at radius 1 is 0.975 bits per heavy atom. The van der Waals surface area contributed by atoms with Crippen LogP contribution in [0, 0.1) is 5.92 Å². The van der Waals surface area contributed by atoms with Crippen LogP contribution < -0.4 is 20.3 Å². The van der Waals surface area contributed by atoms with E-state index in [-0.39, 0.29) is 11.7 Å². The molecule has 2 heterocycles. The Morgan fingerprint density at radius 3 is 2.35 bits per heavy atom. The maximum Gasteiger partial charge on any atom is 0.267 e. The second-order valence-corrected chi connectivity index (χ2v) is 10.2. The van der Waals surface area contributed by atoms with Crippen molar-refractivity contribution in [3.8, 4) is 5.75 Å². The molecule has 204 valence electrons. The van der Waals surface area contributed by atoms with Crippen molar-refractivity contribution >= 4 is 40.0 Å². The molecule has 0 aliphatic carbocycles. The van der Waals surface area contributed by atoms with E-state index in [4.69, 9.17) is 4.74 Å². The first-order valence-corrected chi connectivity index (χ1v) is 13.4. The molecule has 1 aromatic heterocycles. The van der Waals surface area contributed by atoms with E-state index < -0.39 is 17.9 Å². The average Bonchev–Trinajstić information content (AvgIpc) is 3.21. The van der Waals surface area contributed by atoms with E-state index in [0.29, 0.717) is 34.7 Å². The summed E-state index contributed by atoms with van der Waals surface area (Å²) >= 11 is 0. The summed E-state index contributed by atoms with van der Waals surface area (Å²) in [4.78, 5) is 44.7. The highest BCUT2D eigenvalue weighted by atomic mass is 16.5. The first kappa shape index (κ1) is 26.9. The van der Waals surface area contributed by atoms with E-state index in [2.05, 4.69) is 29.5 Å². The maximum absolute atomic E-state index is 13.1. The summed E-state index contributed by atoms with van der Waals surface area (Å²) in [5, 5.41) is 7.52. The number of fused-ring (bicyclic) bond motifs is 2. The molecule has 0 saturated carbocycles. The van der Waals surface area contributed by atoms with Gasteiger partial charge < -0.3 is 15.4 Å². The van der Waals surface area contributed by atoms with Gasteiger partial charge in [-0.05, 0) is 78.2 Å². The molecule has 8 heteroatoms. The molecule has 1 atom stereocenters. The number of ether oxygens (including phenoxy) is 1. The van der Waals surface area contributed by atoms with Crippen LogP contribution in [0.2, 0.25) is 0 Å². The van der Waals surface area contributed by atoms with Gasteiger partial charge in [0.1, 0.15) is 11.8 Å². The smallest absolute Gasteiger partial charge is 0.267 e. The lowest BCUT2D eigenvalue weighted by atomic mass is 9.97. The molecule has 0 spiro atoms. The average molecular weight is 537 g/mol. The fraction of sp³-hybridized carbons (Fsp3) is 0.250. The van der Waals surface area contributed by atoms with Crippen molar-refractivity contribution in [3.63, 3.8) is 0 Å². The van der Waals surface area contributed by atoms with Gasteiger partial charge in [-0.15, -0.1) is 0 Å². The fourth-order valence-electron chi connectivity index (χ4n) is 5.07. The summed E-state index contributed by atoms with van der Waals surface area (Å²) in [5.74, 6) is 0.539. The Balaban J connectivity index is 1.48. The number of carbonyl (C=O) groups is 3. The Kier molecular flexibility index (Phi) is 7.51. The van der Waals surface area contributed by atoms with Crippen molar-refractivity contribution < 1.29 is 19.1 Å². The molecule has 1 aliphatic rings. The first-order valence-electron chi connectivity index (χ1n) is 13.4. The molecule has 1 unspecified atom stereocenters. The van der Waals surface area contributed by atoms with Crippen LogP contribution in [0.3, 0.4) is 0 Å². The minimum atomic E-state index is -0.674. The molecule has 3 amide bonds. The topological polar surface area (TPSA) is 101 Å². The fourth-order valence-corrected chi connectivity index (χ4v) is 5.07. The second-order valence-electron chi connectivity index (χ2n) is 10.2. The van der Waals surface area contributed by atoms with E-state index >= 15 is 0 Å². The highest BCUT2D eigenvalue weighted by molar-refractivity contribution is 6.35. The third-order valence-electron chi connectivity index (χ3n) is 6.92. The number of likely N-dealkylation sites (N-methyl/N-ethyl adjacent to an activating group) is 1. The van der Waals surface area contributed by atoms with Crippen molar-refractivity contribution in [3.05, 3.63) is 95.2 Å². The van der Waals surface area contributed by atoms with Gasteiger partial charge in [0.25, 0.3) is 11.8 Å². The number of carbonyl (C=O) groups excluding carboxylic acids is 3. The summed E-state index contributed by atoms with van der Waals surface area (Å²) < 4.78 is 5.93. The van der Waals surface area contributed by atoms with Gasteiger partial charge in [-0.25, -0.2) is 9.88 Å². The Hall–Kier alpha value is -4.72. The van der Waals surface area contributed by atoms with Gasteiger partial charge in [-0.1, -0.05) is 38.1 Å². The summed E-state index contributed by atoms with van der Waals surface area (Å²) in [6.45, 7) is 6.79. The third-order valence-corrected chi connectivity index (χ3v) is 6.92. The zero-order valence-corrected chi connectivity index (χ0v) is 23.0. The summed E-state index contributed by atoms with van der Waals surface area (Å²) in [7, 11) is 1.61. The zero-order chi connectivity index (χ0) is 28.4. The lowest BCUT2D eigenvalue weighted by Gasteiger charge is -2.22. The molecule has 0 fully saturated rings. The normalized spacial score (nSPS) is 13.5. The highest BCUT2D eigenvalue weighted by Crippen LogP contribution is 2.34. The minimum Gasteiger partial charge on any atom is -0.494 e. The lowest BCUT2D eigenvalue weighted by molar-refractivity contribution is -0.121. The standard InChI is InChI=1S/C32H32N4O4/c1-5-40-27-18-22(11-10-21(27)16-19(2)3)28(30(37)33-4)35-23-12-13-24-20(17-23)14-15-34-29(24)36-31(38)25-8-6-7-9-26(25)32(36)39/h6-15,17-19,28,35H,5,16H2,1-4H3,(H,33,37). The lowest BCUT2D eigenvalue weighted by Crippen LogP contribution is -2.31. The van der Waals surface area contributed by atoms with E-state index in [1.54, 1.807) is 37.5 Å². The first-order chi connectivity index (χ1) is 19.3. The van der Waals surface area contributed by atoms with E-state index in [1.807, 2.05) is 49.4 Å². The molecule has 2 N–H and O–H groups in total. The van der Waals surface area contributed by atoms with Gasteiger partial charge in [-0.2, -0.15) is 0 Å². The SMILES string of the molecule is CCOc1cc(C(Nc2ccc3c(N4C(=O)c5ccccc5C4=O)nccc3c2)C(=O)NC)ccc1CC(C)C. The maximum atomic E-state index is 13.1. The Bertz CT molecular complexity index is 1580. The molecule has 0 bridgehead atoms. The number of hydrogen-bond acceptors (Lipinski definition) is 6. The number of nitrogens with zero attached hydrogens (tertiary/aromatic N) is 2. The molecular formula is C32H32N4O4. The van der Waals surface area contributed by atoms with Crippen LogP contribution in [-0.4, -0.2) is 36.4 Å². The van der Waals surface area contributed by atoms with Crippen molar-refractivity contribution in [1.82, 2.24) is 10.3 Å². The number of amides is 3. The molecule has 3 aromatic carbocycles. The third kappa shape index (κ3) is 5.00. The van der Waals surface area contributed by atoms with Crippen LogP contribution in [0.25, 0.3) is 10.8 Å². The van der Waals surface area contributed by atoms with Gasteiger partial charge >= 0.3 is 0 Å². The largest absolute Gasteiger partial charge is 0.494 e. The van der Waals surface area contributed by atoms with Gasteiger partial charge in [0, 0.05) is 24.3 Å². The molecule has 0 radical (unpaired) electrons. The van der Waals surface area contributed by atoms with Crippen molar-refractivity contribution in [2.45, 2.75) is 33.2 Å². The predicted octanol–water partition coefficient (Wildman–Crippen LogP) is 5.53. The number of imide groups is 1. The van der Waals surface area contributed by atoms with Crippen LogP contribution in [-0.2, 0) is 11.2 Å². The number of hydrogen-bond donors (Lipinski definition) is 2. The van der Waals surface area contributed by atoms with E-state index in [1.165, 1.54) is 0 Å². The molecular weight excluding hydrogens is 504 g/mol. The highest BCUT2D eigenvalue weighted by Gasteiger charge is 2.37. The summed E-state index contributed by atoms with van der Waals surface area (Å²) in [6, 6.07) is 19.3. The molecule has 5 rings (SSSR count). The number of benzene rings is 3. The van der Waals surface area contributed by atoms with Crippen LogP contribution in [0.4, 0.5) is 11.5 Å². The molecule has 0 saturated heterocycles. The molecule has 4 aromatic rings. The Morgan fingerprint density at radius 2 is 1.70 bits per heavy atom. The summed E-state index contributed by atoms with van der Waals surface area (Å²) in [6.07, 6.45) is 2.45. The molecule has 8 nitrogen and oxygen atoms in total. The van der Waals surface area contributed by atoms with Crippen LogP contribution in [0.15, 0.2) is 72.9 Å². The van der Waals surface area contributed by atoms with Crippen molar-refractivity contribution in [2.24, 2.45) is 5.92 Å². The van der Waals surface area contributed by atoms with Crippen molar-refractivity contribution in [1.29, 1.82) is 0 Å². The van der Waals surface area contributed by atoms with E-state index in [9.17, 15) is 14.4 Å². The number of nitrogens with one attached hydrogen (secondary N) is 2. The van der Waals surface area contributed by atoms with Gasteiger partial charge in [0.05, 0.1) is 17.7 Å². The second kappa shape index (κ2) is 11.2.